The molecule has 9 heteroatoms. The molecule has 0 aliphatic carbocycles. The van der Waals surface area contributed by atoms with Crippen LogP contribution >= 0.6 is 11.8 Å². The number of hydrogen-bond acceptors (Lipinski definition) is 6. The third-order valence-corrected chi connectivity index (χ3v) is 8.40. The smallest absolute Gasteiger partial charge is 0.167 e. The standard InChI is InChI=1S/C29H36F2N6S/c1-7-36-12-10-20(11-13-36)29(38-6)21-8-9-26(33-16-21)35-27(24(31)17-32-5)22-14-23(30)28-25(15-22)37(18(2)3)19(4)34-28/h8-9,14-18,20,29H,5,7,10-13H2,1-4,6H3/b24-17+,35-27-. The van der Waals surface area contributed by atoms with Crippen molar-refractivity contribution in [1.82, 2.24) is 19.4 Å². The monoisotopic (exact) mass is 538 g/mol. The van der Waals surface area contributed by atoms with Gasteiger partial charge in [-0.25, -0.2) is 23.7 Å². The molecule has 1 atom stereocenters. The summed E-state index contributed by atoms with van der Waals surface area (Å²) in [5.74, 6) is 0.358. The first-order valence-electron chi connectivity index (χ1n) is 13.1. The minimum Gasteiger partial charge on any atom is -0.326 e. The van der Waals surface area contributed by atoms with Gasteiger partial charge < -0.3 is 9.47 Å². The van der Waals surface area contributed by atoms with Crippen molar-refractivity contribution >= 4 is 41.0 Å². The molecule has 3 heterocycles. The van der Waals surface area contributed by atoms with E-state index in [4.69, 9.17) is 0 Å². The van der Waals surface area contributed by atoms with E-state index in [1.165, 1.54) is 6.07 Å². The Morgan fingerprint density at radius 3 is 2.58 bits per heavy atom. The Bertz CT molecular complexity index is 1340. The van der Waals surface area contributed by atoms with E-state index in [1.54, 1.807) is 12.1 Å². The van der Waals surface area contributed by atoms with Crippen LogP contribution < -0.4 is 0 Å². The fraction of sp³-hybridized carbons (Fsp3) is 0.448. The van der Waals surface area contributed by atoms with Gasteiger partial charge in [0, 0.05) is 23.1 Å². The SMILES string of the molecule is C=N/C=C(F)\C(=N/c1ccc(C(SC)C2CCN(CC)CC2)cn1)c1cc(F)c2nc(C)n(C(C)C)c2c1. The Morgan fingerprint density at radius 2 is 2.00 bits per heavy atom. The van der Waals surface area contributed by atoms with Gasteiger partial charge in [-0.15, -0.1) is 0 Å². The van der Waals surface area contributed by atoms with Crippen LogP contribution in [0.4, 0.5) is 14.6 Å². The number of likely N-dealkylation sites (tertiary alicyclic amines) is 1. The summed E-state index contributed by atoms with van der Waals surface area (Å²) in [4.78, 5) is 19.5. The molecular weight excluding hydrogens is 502 g/mol. The number of aromatic nitrogens is 3. The molecule has 0 saturated carbocycles. The number of rotatable bonds is 9. The average Bonchev–Trinajstić information content (AvgIpc) is 3.25. The maximum absolute atomic E-state index is 15.2. The van der Waals surface area contributed by atoms with E-state index < -0.39 is 11.6 Å². The fourth-order valence-electron chi connectivity index (χ4n) is 5.37. The van der Waals surface area contributed by atoms with E-state index >= 15 is 8.78 Å². The molecule has 0 amide bonds. The summed E-state index contributed by atoms with van der Waals surface area (Å²) in [6.45, 7) is 14.7. The lowest BCUT2D eigenvalue weighted by Crippen LogP contribution is -2.34. The molecule has 4 rings (SSSR count). The van der Waals surface area contributed by atoms with Gasteiger partial charge in [-0.1, -0.05) is 13.0 Å². The predicted molar refractivity (Wildman–Crippen MR) is 155 cm³/mol. The number of aliphatic imine (C=N–C) groups is 2. The lowest BCUT2D eigenvalue weighted by atomic mass is 9.90. The highest BCUT2D eigenvalue weighted by Gasteiger charge is 2.27. The highest BCUT2D eigenvalue weighted by molar-refractivity contribution is 7.98. The fourth-order valence-corrected chi connectivity index (χ4v) is 6.44. The molecule has 0 bridgehead atoms. The van der Waals surface area contributed by atoms with Gasteiger partial charge in [0.05, 0.1) is 11.7 Å². The number of benzene rings is 1. The molecule has 1 aliphatic rings. The van der Waals surface area contributed by atoms with E-state index in [0.29, 0.717) is 28.3 Å². The Balaban J connectivity index is 1.70. The summed E-state index contributed by atoms with van der Waals surface area (Å²) < 4.78 is 32.3. The van der Waals surface area contributed by atoms with Crippen LogP contribution in [0, 0.1) is 18.7 Å². The van der Waals surface area contributed by atoms with Crippen molar-refractivity contribution in [2.45, 2.75) is 51.8 Å². The van der Waals surface area contributed by atoms with Crippen molar-refractivity contribution in [2.75, 3.05) is 25.9 Å². The summed E-state index contributed by atoms with van der Waals surface area (Å²) in [6.07, 6.45) is 7.27. The minimum absolute atomic E-state index is 0.0538. The maximum atomic E-state index is 15.2. The second-order valence-electron chi connectivity index (χ2n) is 9.95. The first-order valence-corrected chi connectivity index (χ1v) is 14.4. The van der Waals surface area contributed by atoms with E-state index in [2.05, 4.69) is 44.7 Å². The highest BCUT2D eigenvalue weighted by Crippen LogP contribution is 2.40. The second-order valence-corrected chi connectivity index (χ2v) is 10.9. The van der Waals surface area contributed by atoms with Crippen molar-refractivity contribution in [3.05, 3.63) is 65.3 Å². The molecule has 38 heavy (non-hydrogen) atoms. The van der Waals surface area contributed by atoms with E-state index in [-0.39, 0.29) is 22.8 Å². The molecule has 0 N–H and O–H groups in total. The van der Waals surface area contributed by atoms with Crippen LogP contribution in [0.1, 0.15) is 61.9 Å². The second kappa shape index (κ2) is 12.3. The quantitative estimate of drug-likeness (QED) is 0.270. The normalized spacial score (nSPS) is 16.9. The number of pyridine rings is 1. The van der Waals surface area contributed by atoms with Gasteiger partial charge in [-0.2, -0.15) is 11.8 Å². The summed E-state index contributed by atoms with van der Waals surface area (Å²) >= 11 is 1.84. The van der Waals surface area contributed by atoms with Crippen molar-refractivity contribution in [2.24, 2.45) is 15.9 Å². The van der Waals surface area contributed by atoms with E-state index in [9.17, 15) is 0 Å². The molecule has 1 unspecified atom stereocenters. The van der Waals surface area contributed by atoms with Crippen LogP contribution in [0.2, 0.25) is 0 Å². The number of aryl methyl sites for hydroxylation is 1. The van der Waals surface area contributed by atoms with E-state index in [1.807, 2.05) is 49.4 Å². The minimum atomic E-state index is -0.721. The van der Waals surface area contributed by atoms with Crippen molar-refractivity contribution in [1.29, 1.82) is 0 Å². The van der Waals surface area contributed by atoms with Crippen LogP contribution in [-0.4, -0.2) is 57.8 Å². The third kappa shape index (κ3) is 5.89. The maximum Gasteiger partial charge on any atom is 0.167 e. The molecule has 1 aliphatic heterocycles. The molecule has 0 spiro atoms. The molecule has 0 radical (unpaired) electrons. The number of halogens is 2. The number of fused-ring (bicyclic) bond motifs is 1. The average molecular weight is 539 g/mol. The summed E-state index contributed by atoms with van der Waals surface area (Å²) in [5, 5.41) is 0.344. The van der Waals surface area contributed by atoms with E-state index in [0.717, 1.165) is 44.2 Å². The van der Waals surface area contributed by atoms with Crippen LogP contribution in [-0.2, 0) is 0 Å². The number of piperidine rings is 1. The Kier molecular flexibility index (Phi) is 9.10. The molecule has 202 valence electrons. The summed E-state index contributed by atoms with van der Waals surface area (Å²) in [6, 6.07) is 6.85. The summed E-state index contributed by atoms with van der Waals surface area (Å²) in [5.41, 5.74) is 2.20. The molecule has 1 saturated heterocycles. The summed E-state index contributed by atoms with van der Waals surface area (Å²) in [7, 11) is 0. The zero-order chi connectivity index (χ0) is 27.4. The highest BCUT2D eigenvalue weighted by atomic mass is 32.2. The molecule has 3 aromatic rings. The van der Waals surface area contributed by atoms with Crippen molar-refractivity contribution in [3.63, 3.8) is 0 Å². The van der Waals surface area contributed by atoms with Gasteiger partial charge in [0.1, 0.15) is 17.1 Å². The topological polar surface area (TPSA) is 58.7 Å². The molecule has 1 aromatic carbocycles. The van der Waals surface area contributed by atoms with Gasteiger partial charge in [0.25, 0.3) is 0 Å². The van der Waals surface area contributed by atoms with Gasteiger partial charge in [-0.05, 0) is 95.9 Å². The number of hydrogen-bond donors (Lipinski definition) is 0. The van der Waals surface area contributed by atoms with Gasteiger partial charge in [0.2, 0.25) is 0 Å². The number of nitrogens with zero attached hydrogens (tertiary/aromatic N) is 6. The van der Waals surface area contributed by atoms with Crippen LogP contribution in [0.5, 0.6) is 0 Å². The van der Waals surface area contributed by atoms with Crippen molar-refractivity contribution in [3.8, 4) is 0 Å². The zero-order valence-corrected chi connectivity index (χ0v) is 23.6. The molecular formula is C29H36F2N6S. The van der Waals surface area contributed by atoms with Gasteiger partial charge in [0.15, 0.2) is 17.5 Å². The van der Waals surface area contributed by atoms with Crippen LogP contribution in [0.3, 0.4) is 0 Å². The molecule has 1 fully saturated rings. The third-order valence-electron chi connectivity index (χ3n) is 7.23. The first kappa shape index (κ1) is 28.1. The Morgan fingerprint density at radius 1 is 1.26 bits per heavy atom. The van der Waals surface area contributed by atoms with Crippen LogP contribution in [0.15, 0.2) is 52.5 Å². The first-order chi connectivity index (χ1) is 18.3. The number of allylic oxidation sites excluding steroid dienone is 1. The molecule has 2 aromatic heterocycles. The van der Waals surface area contributed by atoms with Gasteiger partial charge >= 0.3 is 0 Å². The Labute approximate surface area is 228 Å². The predicted octanol–water partition coefficient (Wildman–Crippen LogP) is 7.23. The lowest BCUT2D eigenvalue weighted by molar-refractivity contribution is 0.190. The number of thioether (sulfide) groups is 1. The van der Waals surface area contributed by atoms with Crippen LogP contribution in [0.25, 0.3) is 11.0 Å². The molecule has 6 nitrogen and oxygen atoms in total. The Hall–Kier alpha value is -2.91. The lowest BCUT2D eigenvalue weighted by Gasteiger charge is -2.35. The largest absolute Gasteiger partial charge is 0.326 e. The zero-order valence-electron chi connectivity index (χ0n) is 22.8. The number of imidazole rings is 1. The van der Waals surface area contributed by atoms with Gasteiger partial charge in [-0.3, -0.25) is 4.99 Å². The van der Waals surface area contributed by atoms with Crippen molar-refractivity contribution < 1.29 is 8.78 Å².